The second kappa shape index (κ2) is 10.4. The van der Waals surface area contributed by atoms with Gasteiger partial charge < -0.3 is 19.9 Å². The topological polar surface area (TPSA) is 67.8 Å². The van der Waals surface area contributed by atoms with Gasteiger partial charge in [0.1, 0.15) is 5.82 Å². The highest BCUT2D eigenvalue weighted by Crippen LogP contribution is 2.33. The van der Waals surface area contributed by atoms with E-state index in [1.807, 2.05) is 23.6 Å². The van der Waals surface area contributed by atoms with E-state index in [2.05, 4.69) is 5.32 Å². The molecule has 0 aliphatic carbocycles. The minimum Gasteiger partial charge on any atom is -0.459 e. The van der Waals surface area contributed by atoms with Crippen LogP contribution in [-0.2, 0) is 20.8 Å². The SMILES string of the molecule is O=C(NCc1cccc(F)c1)C1=C[C@@H](c2cccs2)C[C@@H](OCCCCO)O1. The quantitative estimate of drug-likeness (QED) is 0.624. The molecule has 2 heterocycles. The number of allylic oxidation sites excluding steroid dienone is 1. The molecule has 150 valence electrons. The number of carbonyl (C=O) groups excluding carboxylic acids is 1. The van der Waals surface area contributed by atoms with Gasteiger partial charge in [-0.05, 0) is 48.1 Å². The second-order valence-corrected chi connectivity index (χ2v) is 7.53. The van der Waals surface area contributed by atoms with Crippen LogP contribution in [0.1, 0.15) is 35.6 Å². The second-order valence-electron chi connectivity index (χ2n) is 6.55. The lowest BCUT2D eigenvalue weighted by Crippen LogP contribution is -2.32. The summed E-state index contributed by atoms with van der Waals surface area (Å²) in [5, 5.41) is 13.7. The minimum atomic E-state index is -0.522. The number of ether oxygens (including phenoxy) is 2. The maximum Gasteiger partial charge on any atom is 0.286 e. The summed E-state index contributed by atoms with van der Waals surface area (Å²) >= 11 is 1.63. The normalized spacial score (nSPS) is 19.0. The zero-order valence-electron chi connectivity index (χ0n) is 15.5. The van der Waals surface area contributed by atoms with Crippen molar-refractivity contribution < 1.29 is 23.8 Å². The average Bonchev–Trinajstić information content (AvgIpc) is 3.24. The standard InChI is InChI=1S/C21H24FNO4S/c22-17-6-3-5-15(11-17)14-23-21(25)18-12-16(19-7-4-10-28-19)13-20(27-18)26-9-2-1-8-24/h3-7,10-12,16,20,24H,1-2,8-9,13-14H2,(H,23,25)/t16-,20+/m1/s1. The van der Waals surface area contributed by atoms with E-state index in [0.717, 1.165) is 11.3 Å². The number of halogens is 1. The number of rotatable bonds is 9. The molecule has 0 unspecified atom stereocenters. The van der Waals surface area contributed by atoms with E-state index in [0.29, 0.717) is 25.0 Å². The Bertz CT molecular complexity index is 793. The molecule has 28 heavy (non-hydrogen) atoms. The average molecular weight is 405 g/mol. The van der Waals surface area contributed by atoms with E-state index in [4.69, 9.17) is 14.6 Å². The van der Waals surface area contributed by atoms with Gasteiger partial charge in [-0.2, -0.15) is 0 Å². The van der Waals surface area contributed by atoms with Gasteiger partial charge in [-0.3, -0.25) is 4.79 Å². The number of benzene rings is 1. The Morgan fingerprint density at radius 2 is 2.21 bits per heavy atom. The van der Waals surface area contributed by atoms with E-state index in [-0.39, 0.29) is 36.6 Å². The predicted octanol–water partition coefficient (Wildman–Crippen LogP) is 3.71. The Morgan fingerprint density at radius 1 is 1.32 bits per heavy atom. The van der Waals surface area contributed by atoms with Gasteiger partial charge in [0.05, 0.1) is 6.61 Å². The number of unbranched alkanes of at least 4 members (excludes halogenated alkanes) is 1. The number of hydrogen-bond donors (Lipinski definition) is 2. The molecule has 0 radical (unpaired) electrons. The minimum absolute atomic E-state index is 0.0338. The Labute approximate surface area is 167 Å². The van der Waals surface area contributed by atoms with Crippen LogP contribution in [0.5, 0.6) is 0 Å². The number of nitrogens with one attached hydrogen (secondary N) is 1. The number of aliphatic hydroxyl groups excluding tert-OH is 1. The molecule has 3 rings (SSSR count). The number of thiophene rings is 1. The van der Waals surface area contributed by atoms with Crippen molar-refractivity contribution in [1.29, 1.82) is 0 Å². The van der Waals surface area contributed by atoms with E-state index >= 15 is 0 Å². The first-order valence-corrected chi connectivity index (χ1v) is 10.2. The molecular weight excluding hydrogens is 381 g/mol. The summed E-state index contributed by atoms with van der Waals surface area (Å²) in [5.41, 5.74) is 0.677. The smallest absolute Gasteiger partial charge is 0.286 e. The fourth-order valence-corrected chi connectivity index (χ4v) is 3.77. The van der Waals surface area contributed by atoms with Crippen molar-refractivity contribution in [3.63, 3.8) is 0 Å². The fraction of sp³-hybridized carbons (Fsp3) is 0.381. The molecular formula is C21H24FNO4S. The van der Waals surface area contributed by atoms with Crippen LogP contribution in [-0.4, -0.2) is 30.5 Å². The number of amides is 1. The molecule has 2 atom stereocenters. The monoisotopic (exact) mass is 405 g/mol. The summed E-state index contributed by atoms with van der Waals surface area (Å²) in [6.07, 6.45) is 3.31. The van der Waals surface area contributed by atoms with Gasteiger partial charge in [-0.15, -0.1) is 11.3 Å². The van der Waals surface area contributed by atoms with Crippen LogP contribution in [0.3, 0.4) is 0 Å². The van der Waals surface area contributed by atoms with Crippen molar-refractivity contribution in [1.82, 2.24) is 5.32 Å². The van der Waals surface area contributed by atoms with Crippen LogP contribution < -0.4 is 5.32 Å². The van der Waals surface area contributed by atoms with Crippen molar-refractivity contribution in [2.45, 2.75) is 38.0 Å². The third-order valence-corrected chi connectivity index (χ3v) is 5.39. The van der Waals surface area contributed by atoms with E-state index < -0.39 is 6.29 Å². The Morgan fingerprint density at radius 3 is 2.96 bits per heavy atom. The fourth-order valence-electron chi connectivity index (χ4n) is 2.96. The van der Waals surface area contributed by atoms with Gasteiger partial charge >= 0.3 is 0 Å². The van der Waals surface area contributed by atoms with Gasteiger partial charge in [0.2, 0.25) is 6.29 Å². The molecule has 0 saturated carbocycles. The summed E-state index contributed by atoms with van der Waals surface area (Å²) in [6.45, 7) is 0.796. The summed E-state index contributed by atoms with van der Waals surface area (Å²) < 4.78 is 24.8. The molecule has 1 aromatic heterocycles. The Balaban J connectivity index is 1.64. The van der Waals surface area contributed by atoms with Crippen LogP contribution in [0, 0.1) is 5.82 Å². The van der Waals surface area contributed by atoms with Crippen molar-refractivity contribution in [2.24, 2.45) is 0 Å². The molecule has 2 N–H and O–H groups in total. The van der Waals surface area contributed by atoms with Gasteiger partial charge in [0.25, 0.3) is 5.91 Å². The molecule has 0 bridgehead atoms. The highest BCUT2D eigenvalue weighted by Gasteiger charge is 2.29. The summed E-state index contributed by atoms with van der Waals surface area (Å²) in [4.78, 5) is 13.8. The molecule has 2 aromatic rings. The van der Waals surface area contributed by atoms with Crippen LogP contribution >= 0.6 is 11.3 Å². The van der Waals surface area contributed by atoms with Crippen LogP contribution in [0.4, 0.5) is 4.39 Å². The van der Waals surface area contributed by atoms with Gasteiger partial charge in [-0.25, -0.2) is 4.39 Å². The molecule has 1 amide bonds. The lowest BCUT2D eigenvalue weighted by molar-refractivity contribution is -0.146. The molecule has 5 nitrogen and oxygen atoms in total. The summed E-state index contributed by atoms with van der Waals surface area (Å²) in [7, 11) is 0. The summed E-state index contributed by atoms with van der Waals surface area (Å²) in [6, 6.07) is 10.1. The number of aliphatic hydroxyl groups is 1. The molecule has 7 heteroatoms. The molecule has 1 aliphatic heterocycles. The molecule has 1 aliphatic rings. The Kier molecular flexibility index (Phi) is 7.59. The van der Waals surface area contributed by atoms with E-state index in [9.17, 15) is 9.18 Å². The van der Waals surface area contributed by atoms with Crippen molar-refractivity contribution >= 4 is 17.2 Å². The predicted molar refractivity (Wildman–Crippen MR) is 105 cm³/mol. The zero-order valence-corrected chi connectivity index (χ0v) is 16.3. The van der Waals surface area contributed by atoms with Gasteiger partial charge in [0, 0.05) is 30.4 Å². The first-order chi connectivity index (χ1) is 13.7. The molecule has 0 fully saturated rings. The third kappa shape index (κ3) is 5.89. The highest BCUT2D eigenvalue weighted by molar-refractivity contribution is 7.10. The first kappa shape index (κ1) is 20.5. The van der Waals surface area contributed by atoms with Crippen molar-refractivity contribution in [2.75, 3.05) is 13.2 Å². The summed E-state index contributed by atoms with van der Waals surface area (Å²) in [5.74, 6) is -0.441. The molecule has 0 spiro atoms. The van der Waals surface area contributed by atoms with Crippen LogP contribution in [0.2, 0.25) is 0 Å². The van der Waals surface area contributed by atoms with E-state index in [1.165, 1.54) is 12.1 Å². The van der Waals surface area contributed by atoms with Crippen LogP contribution in [0.15, 0.2) is 53.6 Å². The molecule has 0 saturated heterocycles. The molecule has 1 aromatic carbocycles. The van der Waals surface area contributed by atoms with Gasteiger partial charge in [-0.1, -0.05) is 18.2 Å². The maximum absolute atomic E-state index is 13.3. The lowest BCUT2D eigenvalue weighted by atomic mass is 9.99. The van der Waals surface area contributed by atoms with E-state index in [1.54, 1.807) is 23.5 Å². The highest BCUT2D eigenvalue weighted by atomic mass is 32.1. The number of hydrogen-bond acceptors (Lipinski definition) is 5. The lowest BCUT2D eigenvalue weighted by Gasteiger charge is -2.28. The Hall–Kier alpha value is -2.22. The van der Waals surface area contributed by atoms with Crippen LogP contribution in [0.25, 0.3) is 0 Å². The largest absolute Gasteiger partial charge is 0.459 e. The first-order valence-electron chi connectivity index (χ1n) is 9.32. The third-order valence-electron chi connectivity index (χ3n) is 4.39. The zero-order chi connectivity index (χ0) is 19.8. The number of carbonyl (C=O) groups is 1. The van der Waals surface area contributed by atoms with Crippen molar-refractivity contribution in [3.8, 4) is 0 Å². The van der Waals surface area contributed by atoms with Crippen molar-refractivity contribution in [3.05, 3.63) is 69.9 Å². The maximum atomic E-state index is 13.3. The van der Waals surface area contributed by atoms with Gasteiger partial charge in [0.15, 0.2) is 5.76 Å².